The highest BCUT2D eigenvalue weighted by atomic mass is 15.3. The summed E-state index contributed by atoms with van der Waals surface area (Å²) in [4.78, 5) is 10.1. The summed E-state index contributed by atoms with van der Waals surface area (Å²) in [6.07, 6.45) is 7.20. The minimum absolute atomic E-state index is 0.469. The van der Waals surface area contributed by atoms with Gasteiger partial charge in [0.1, 0.15) is 0 Å². The summed E-state index contributed by atoms with van der Waals surface area (Å²) >= 11 is 0. The maximum Gasteiger partial charge on any atom is 0.159 e. The zero-order chi connectivity index (χ0) is 20.6. The van der Waals surface area contributed by atoms with Gasteiger partial charge in [0.15, 0.2) is 5.65 Å². The van der Waals surface area contributed by atoms with Crippen molar-refractivity contribution in [3.05, 3.63) is 65.1 Å². The standard InChI is InChI=1S/C25H33N5/c1-20-15-21(2)30-24(27-20)23(16-26-30)17-29-14-11-25(19-29)10-6-12-28(18-25)13-9-22-7-4-3-5-8-22/h3-5,7-8,15-16H,6,9-14,17-19H2,1-2H3/t25-/m0/s1. The second kappa shape index (κ2) is 8.12. The highest BCUT2D eigenvalue weighted by Gasteiger charge is 2.41. The molecule has 2 saturated heterocycles. The number of likely N-dealkylation sites (tertiary alicyclic amines) is 2. The van der Waals surface area contributed by atoms with Crippen LogP contribution in [0.3, 0.4) is 0 Å². The van der Waals surface area contributed by atoms with Crippen LogP contribution in [-0.4, -0.2) is 57.1 Å². The number of piperidine rings is 1. The molecule has 0 bridgehead atoms. The van der Waals surface area contributed by atoms with Crippen molar-refractivity contribution in [2.45, 2.75) is 46.1 Å². The van der Waals surface area contributed by atoms with Gasteiger partial charge in [-0.3, -0.25) is 4.90 Å². The van der Waals surface area contributed by atoms with Crippen LogP contribution in [0.5, 0.6) is 0 Å². The summed E-state index contributed by atoms with van der Waals surface area (Å²) in [5, 5.41) is 4.59. The highest BCUT2D eigenvalue weighted by Crippen LogP contribution is 2.39. The molecule has 2 aliphatic heterocycles. The molecule has 0 unspecified atom stereocenters. The number of aryl methyl sites for hydroxylation is 2. The monoisotopic (exact) mass is 403 g/mol. The maximum absolute atomic E-state index is 4.77. The van der Waals surface area contributed by atoms with Crippen LogP contribution in [0.15, 0.2) is 42.6 Å². The number of nitrogens with zero attached hydrogens (tertiary/aromatic N) is 5. The Bertz CT molecular complexity index is 1010. The zero-order valence-electron chi connectivity index (χ0n) is 18.3. The van der Waals surface area contributed by atoms with E-state index in [-0.39, 0.29) is 0 Å². The second-order valence-electron chi connectivity index (χ2n) is 9.52. The van der Waals surface area contributed by atoms with E-state index in [9.17, 15) is 0 Å². The first-order valence-corrected chi connectivity index (χ1v) is 11.4. The quantitative estimate of drug-likeness (QED) is 0.648. The van der Waals surface area contributed by atoms with Gasteiger partial charge in [-0.05, 0) is 69.7 Å². The fourth-order valence-electron chi connectivity index (χ4n) is 5.60. The largest absolute Gasteiger partial charge is 0.302 e. The Balaban J connectivity index is 1.23. The molecule has 0 saturated carbocycles. The van der Waals surface area contributed by atoms with Crippen LogP contribution in [0, 0.1) is 19.3 Å². The van der Waals surface area contributed by atoms with Crippen LogP contribution in [0.1, 0.15) is 41.8 Å². The smallest absolute Gasteiger partial charge is 0.159 e. The Kier molecular flexibility index (Phi) is 5.34. The number of aromatic nitrogens is 3. The number of hydrogen-bond donors (Lipinski definition) is 0. The normalized spacial score (nSPS) is 23.0. The Morgan fingerprint density at radius 3 is 2.70 bits per heavy atom. The van der Waals surface area contributed by atoms with Crippen molar-refractivity contribution in [1.82, 2.24) is 24.4 Å². The van der Waals surface area contributed by atoms with E-state index in [0.717, 1.165) is 30.0 Å². The number of rotatable bonds is 5. The van der Waals surface area contributed by atoms with E-state index in [0.29, 0.717) is 5.41 Å². The lowest BCUT2D eigenvalue weighted by Crippen LogP contribution is -2.45. The number of benzene rings is 1. The van der Waals surface area contributed by atoms with E-state index in [2.05, 4.69) is 65.1 Å². The molecule has 5 rings (SSSR count). The average Bonchev–Trinajstić information content (AvgIpc) is 3.32. The highest BCUT2D eigenvalue weighted by molar-refractivity contribution is 5.47. The van der Waals surface area contributed by atoms with Crippen molar-refractivity contribution in [2.75, 3.05) is 32.7 Å². The molecule has 158 valence electrons. The van der Waals surface area contributed by atoms with Crippen molar-refractivity contribution >= 4 is 5.65 Å². The molecule has 1 atom stereocenters. The Morgan fingerprint density at radius 2 is 1.83 bits per heavy atom. The van der Waals surface area contributed by atoms with E-state index >= 15 is 0 Å². The first-order chi connectivity index (χ1) is 14.6. The van der Waals surface area contributed by atoms with Gasteiger partial charge < -0.3 is 4.90 Å². The summed E-state index contributed by atoms with van der Waals surface area (Å²) in [6, 6.07) is 13.0. The Labute approximate surface area is 179 Å². The van der Waals surface area contributed by atoms with Gasteiger partial charge in [0.25, 0.3) is 0 Å². The first kappa shape index (κ1) is 19.7. The van der Waals surface area contributed by atoms with Gasteiger partial charge in [-0.15, -0.1) is 0 Å². The van der Waals surface area contributed by atoms with Gasteiger partial charge in [-0.2, -0.15) is 5.10 Å². The fourth-order valence-corrected chi connectivity index (χ4v) is 5.60. The number of fused-ring (bicyclic) bond motifs is 1. The average molecular weight is 404 g/mol. The minimum Gasteiger partial charge on any atom is -0.302 e. The molecule has 2 aromatic heterocycles. The third-order valence-corrected chi connectivity index (χ3v) is 7.06. The molecule has 1 spiro atoms. The van der Waals surface area contributed by atoms with Crippen LogP contribution in [0.25, 0.3) is 5.65 Å². The summed E-state index contributed by atoms with van der Waals surface area (Å²) < 4.78 is 1.99. The van der Waals surface area contributed by atoms with Gasteiger partial charge in [0.05, 0.1) is 6.20 Å². The van der Waals surface area contributed by atoms with E-state index < -0.39 is 0 Å². The lowest BCUT2D eigenvalue weighted by molar-refractivity contribution is 0.0929. The topological polar surface area (TPSA) is 36.7 Å². The first-order valence-electron chi connectivity index (χ1n) is 11.4. The lowest BCUT2D eigenvalue weighted by Gasteiger charge is -2.40. The maximum atomic E-state index is 4.77. The molecule has 5 nitrogen and oxygen atoms in total. The van der Waals surface area contributed by atoms with Crippen LogP contribution in [0.2, 0.25) is 0 Å². The molecule has 0 N–H and O–H groups in total. The summed E-state index contributed by atoms with van der Waals surface area (Å²) in [5.41, 5.74) is 6.44. The molecule has 0 aliphatic carbocycles. The van der Waals surface area contributed by atoms with Crippen LogP contribution >= 0.6 is 0 Å². The van der Waals surface area contributed by atoms with Gasteiger partial charge in [-0.1, -0.05) is 30.3 Å². The molecule has 1 aromatic carbocycles. The molecular weight excluding hydrogens is 370 g/mol. The third-order valence-electron chi connectivity index (χ3n) is 7.06. The van der Waals surface area contributed by atoms with Crippen LogP contribution in [-0.2, 0) is 13.0 Å². The minimum atomic E-state index is 0.469. The molecule has 2 aliphatic rings. The van der Waals surface area contributed by atoms with Gasteiger partial charge in [0, 0.05) is 43.1 Å². The molecular formula is C25H33N5. The predicted molar refractivity (Wildman–Crippen MR) is 121 cm³/mol. The summed E-state index contributed by atoms with van der Waals surface area (Å²) in [5.74, 6) is 0. The summed E-state index contributed by atoms with van der Waals surface area (Å²) in [6.45, 7) is 11.2. The predicted octanol–water partition coefficient (Wildman–Crippen LogP) is 3.88. The van der Waals surface area contributed by atoms with Crippen molar-refractivity contribution in [2.24, 2.45) is 5.41 Å². The molecule has 4 heterocycles. The lowest BCUT2D eigenvalue weighted by atomic mass is 9.79. The van der Waals surface area contributed by atoms with Crippen molar-refractivity contribution in [3.63, 3.8) is 0 Å². The number of hydrogen-bond acceptors (Lipinski definition) is 4. The molecule has 30 heavy (non-hydrogen) atoms. The second-order valence-corrected chi connectivity index (χ2v) is 9.52. The molecule has 2 fully saturated rings. The molecule has 0 radical (unpaired) electrons. The van der Waals surface area contributed by atoms with Crippen LogP contribution in [0.4, 0.5) is 0 Å². The zero-order valence-corrected chi connectivity index (χ0v) is 18.3. The molecule has 0 amide bonds. The van der Waals surface area contributed by atoms with Gasteiger partial charge in [0.2, 0.25) is 0 Å². The fraction of sp³-hybridized carbons (Fsp3) is 0.520. The molecule has 3 aromatic rings. The van der Waals surface area contributed by atoms with E-state index in [4.69, 9.17) is 4.98 Å². The van der Waals surface area contributed by atoms with E-state index in [1.807, 2.05) is 10.7 Å². The van der Waals surface area contributed by atoms with E-state index in [1.165, 1.54) is 63.1 Å². The van der Waals surface area contributed by atoms with Crippen molar-refractivity contribution in [1.29, 1.82) is 0 Å². The Morgan fingerprint density at radius 1 is 1.00 bits per heavy atom. The van der Waals surface area contributed by atoms with Gasteiger partial charge >= 0.3 is 0 Å². The van der Waals surface area contributed by atoms with Gasteiger partial charge in [-0.25, -0.2) is 9.50 Å². The van der Waals surface area contributed by atoms with Crippen LogP contribution < -0.4 is 0 Å². The van der Waals surface area contributed by atoms with Crippen molar-refractivity contribution in [3.8, 4) is 0 Å². The summed E-state index contributed by atoms with van der Waals surface area (Å²) in [7, 11) is 0. The third kappa shape index (κ3) is 4.01. The molecule has 5 heteroatoms. The van der Waals surface area contributed by atoms with Crippen molar-refractivity contribution < 1.29 is 0 Å². The SMILES string of the molecule is Cc1cc(C)n2ncc(CN3CC[C@]4(CCCN(CCc5ccccc5)C4)C3)c2n1. The van der Waals surface area contributed by atoms with E-state index in [1.54, 1.807) is 0 Å². The Hall–Kier alpha value is -2.24.